The highest BCUT2D eigenvalue weighted by Crippen LogP contribution is 2.13. The van der Waals surface area contributed by atoms with Gasteiger partial charge < -0.3 is 9.84 Å². The molecule has 0 saturated heterocycles. The molecule has 0 amide bonds. The third-order valence-corrected chi connectivity index (χ3v) is 6.71. The van der Waals surface area contributed by atoms with E-state index in [2.05, 4.69) is 32.1 Å². The van der Waals surface area contributed by atoms with Crippen LogP contribution >= 0.6 is 0 Å². The van der Waals surface area contributed by atoms with Crippen LogP contribution in [0.4, 0.5) is 0 Å². The predicted octanol–water partition coefficient (Wildman–Crippen LogP) is 11.0. The van der Waals surface area contributed by atoms with Gasteiger partial charge in [-0.15, -0.1) is 0 Å². The number of unbranched alkanes of at least 4 members (excludes halogenated alkanes) is 21. The van der Waals surface area contributed by atoms with Crippen molar-refractivity contribution >= 4 is 5.97 Å². The van der Waals surface area contributed by atoms with Crippen LogP contribution in [0.25, 0.3) is 0 Å². The number of aliphatic hydroxyl groups excluding tert-OH is 1. The summed E-state index contributed by atoms with van der Waals surface area (Å²) >= 11 is 0. The third kappa shape index (κ3) is 42.3. The smallest absolute Gasteiger partial charge is 0.302 e. The Kier molecular flexibility index (Phi) is 38.1. The van der Waals surface area contributed by atoms with Crippen molar-refractivity contribution in [1.29, 1.82) is 0 Å². The second-order valence-electron chi connectivity index (χ2n) is 10.6. The zero-order chi connectivity index (χ0) is 27.5. The molecule has 0 unspecified atom stereocenters. The van der Waals surface area contributed by atoms with E-state index in [0.29, 0.717) is 6.61 Å². The minimum atomic E-state index is -0.203. The van der Waals surface area contributed by atoms with Gasteiger partial charge in [0.2, 0.25) is 0 Å². The Bertz CT molecular complexity index is 470. The molecule has 0 radical (unpaired) electrons. The second kappa shape index (κ2) is 37.1. The normalized spacial score (nSPS) is 11.2. The molecule has 0 atom stereocenters. The summed E-state index contributed by atoms with van der Waals surface area (Å²) in [5, 5.41) is 8.56. The summed E-state index contributed by atoms with van der Waals surface area (Å²) in [7, 11) is 0. The Hall–Kier alpha value is -1.09. The summed E-state index contributed by atoms with van der Waals surface area (Å²) in [5.41, 5.74) is 0. The molecule has 1 N–H and O–H groups in total. The maximum atomic E-state index is 10.5. The average molecular weight is 523 g/mol. The third-order valence-electron chi connectivity index (χ3n) is 6.71. The SMILES string of the molecule is CCCCCCCCCC/C=C\CCO.CCCCCCCCCCCCCCC/C=C/COC(C)=O. The lowest BCUT2D eigenvalue weighted by atomic mass is 10.0. The molecule has 0 aromatic carbocycles. The van der Waals surface area contributed by atoms with E-state index < -0.39 is 0 Å². The minimum Gasteiger partial charge on any atom is -0.462 e. The number of aliphatic hydroxyl groups is 1. The Labute approximate surface area is 232 Å². The summed E-state index contributed by atoms with van der Waals surface area (Å²) in [6.07, 6.45) is 40.7. The molecule has 220 valence electrons. The zero-order valence-corrected chi connectivity index (χ0v) is 25.5. The number of allylic oxidation sites excluding steroid dienone is 2. The van der Waals surface area contributed by atoms with Crippen molar-refractivity contribution in [1.82, 2.24) is 0 Å². The van der Waals surface area contributed by atoms with Crippen LogP contribution < -0.4 is 0 Å². The molecule has 0 aliphatic rings. The van der Waals surface area contributed by atoms with Gasteiger partial charge in [0.1, 0.15) is 6.61 Å². The largest absolute Gasteiger partial charge is 0.462 e. The summed E-state index contributed by atoms with van der Waals surface area (Å²) in [4.78, 5) is 10.5. The topological polar surface area (TPSA) is 46.5 Å². The van der Waals surface area contributed by atoms with Crippen molar-refractivity contribution in [2.75, 3.05) is 13.2 Å². The molecule has 0 rings (SSSR count). The van der Waals surface area contributed by atoms with Gasteiger partial charge in [-0.25, -0.2) is 0 Å². The van der Waals surface area contributed by atoms with Gasteiger partial charge in [-0.05, 0) is 32.1 Å². The first-order valence-corrected chi connectivity index (χ1v) is 16.2. The molecule has 0 aliphatic heterocycles. The lowest BCUT2D eigenvalue weighted by Gasteiger charge is -2.02. The summed E-state index contributed by atoms with van der Waals surface area (Å²) in [6.45, 7) is 6.69. The highest BCUT2D eigenvalue weighted by atomic mass is 16.5. The lowest BCUT2D eigenvalue weighted by Crippen LogP contribution is -1.97. The standard InChI is InChI=1S/C20H38O2.C14H28O/c1-3-4-5-6-7-8-9-10-11-12-13-14-15-16-17-18-19-22-20(2)21;1-2-3-4-5-6-7-8-9-10-11-12-13-14-15/h17-18H,3-16,19H2,1-2H3;11-12,15H,2-10,13-14H2,1H3/b18-17+;12-11-. The van der Waals surface area contributed by atoms with Gasteiger partial charge in [-0.2, -0.15) is 0 Å². The van der Waals surface area contributed by atoms with Gasteiger partial charge >= 0.3 is 5.97 Å². The van der Waals surface area contributed by atoms with Crippen LogP contribution in [0, 0.1) is 0 Å². The fraction of sp³-hybridized carbons (Fsp3) is 0.853. The first kappa shape index (κ1) is 38.1. The van der Waals surface area contributed by atoms with E-state index in [-0.39, 0.29) is 12.6 Å². The van der Waals surface area contributed by atoms with Crippen molar-refractivity contribution in [3.63, 3.8) is 0 Å². The monoisotopic (exact) mass is 523 g/mol. The van der Waals surface area contributed by atoms with E-state index in [1.165, 1.54) is 148 Å². The lowest BCUT2D eigenvalue weighted by molar-refractivity contribution is -0.139. The van der Waals surface area contributed by atoms with E-state index in [1.54, 1.807) is 0 Å². The van der Waals surface area contributed by atoms with Crippen LogP contribution in [0.5, 0.6) is 0 Å². The van der Waals surface area contributed by atoms with Crippen molar-refractivity contribution < 1.29 is 14.6 Å². The molecular weight excluding hydrogens is 456 g/mol. The molecule has 0 saturated carbocycles. The molecule has 0 aliphatic carbocycles. The van der Waals surface area contributed by atoms with Crippen LogP contribution in [0.2, 0.25) is 0 Å². The molecule has 0 heterocycles. The van der Waals surface area contributed by atoms with Crippen molar-refractivity contribution in [3.8, 4) is 0 Å². The number of hydrogen-bond acceptors (Lipinski definition) is 3. The molecule has 0 aromatic heterocycles. The summed E-state index contributed by atoms with van der Waals surface area (Å²) in [6, 6.07) is 0. The quantitative estimate of drug-likeness (QED) is 0.0662. The van der Waals surface area contributed by atoms with E-state index >= 15 is 0 Å². The van der Waals surface area contributed by atoms with Crippen molar-refractivity contribution in [3.05, 3.63) is 24.3 Å². The van der Waals surface area contributed by atoms with Gasteiger partial charge in [-0.1, -0.05) is 160 Å². The Morgan fingerprint density at radius 2 is 0.838 bits per heavy atom. The molecular formula is C34H66O3. The highest BCUT2D eigenvalue weighted by Gasteiger charge is 1.94. The number of esters is 1. The fourth-order valence-corrected chi connectivity index (χ4v) is 4.34. The number of rotatable bonds is 27. The van der Waals surface area contributed by atoms with E-state index in [0.717, 1.165) is 12.8 Å². The fourth-order valence-electron chi connectivity index (χ4n) is 4.34. The first-order chi connectivity index (χ1) is 18.2. The maximum absolute atomic E-state index is 10.5. The van der Waals surface area contributed by atoms with Gasteiger partial charge in [0.25, 0.3) is 0 Å². The molecule has 0 fully saturated rings. The van der Waals surface area contributed by atoms with Crippen LogP contribution in [-0.2, 0) is 9.53 Å². The van der Waals surface area contributed by atoms with Gasteiger partial charge in [0.15, 0.2) is 0 Å². The highest BCUT2D eigenvalue weighted by molar-refractivity contribution is 5.65. The van der Waals surface area contributed by atoms with Crippen LogP contribution in [-0.4, -0.2) is 24.3 Å². The Morgan fingerprint density at radius 1 is 0.514 bits per heavy atom. The minimum absolute atomic E-state index is 0.203. The number of ether oxygens (including phenoxy) is 1. The molecule has 3 heteroatoms. The second-order valence-corrected chi connectivity index (χ2v) is 10.6. The average Bonchev–Trinajstić information content (AvgIpc) is 2.89. The van der Waals surface area contributed by atoms with Crippen molar-refractivity contribution in [2.24, 2.45) is 0 Å². The van der Waals surface area contributed by atoms with Crippen LogP contribution in [0.1, 0.15) is 175 Å². The first-order valence-electron chi connectivity index (χ1n) is 16.2. The number of hydrogen-bond donors (Lipinski definition) is 1. The predicted molar refractivity (Wildman–Crippen MR) is 164 cm³/mol. The molecule has 0 bridgehead atoms. The number of carbonyl (C=O) groups excluding carboxylic acids is 1. The number of carbonyl (C=O) groups is 1. The zero-order valence-electron chi connectivity index (χ0n) is 25.5. The summed E-state index contributed by atoms with van der Waals surface area (Å²) in [5.74, 6) is -0.203. The molecule has 37 heavy (non-hydrogen) atoms. The molecule has 0 aromatic rings. The van der Waals surface area contributed by atoms with Crippen LogP contribution in [0.15, 0.2) is 24.3 Å². The van der Waals surface area contributed by atoms with Gasteiger partial charge in [0, 0.05) is 13.5 Å². The van der Waals surface area contributed by atoms with Gasteiger partial charge in [-0.3, -0.25) is 4.79 Å². The van der Waals surface area contributed by atoms with Gasteiger partial charge in [0.05, 0.1) is 0 Å². The van der Waals surface area contributed by atoms with Crippen molar-refractivity contribution in [2.45, 2.75) is 175 Å². The van der Waals surface area contributed by atoms with Crippen LogP contribution in [0.3, 0.4) is 0 Å². The van der Waals surface area contributed by atoms with E-state index in [9.17, 15) is 4.79 Å². The molecule has 0 spiro atoms. The Balaban J connectivity index is 0. The maximum Gasteiger partial charge on any atom is 0.302 e. The molecule has 3 nitrogen and oxygen atoms in total. The van der Waals surface area contributed by atoms with E-state index in [1.807, 2.05) is 6.08 Å². The Morgan fingerprint density at radius 3 is 1.19 bits per heavy atom. The van der Waals surface area contributed by atoms with E-state index in [4.69, 9.17) is 9.84 Å². The summed E-state index contributed by atoms with van der Waals surface area (Å²) < 4.78 is 4.84.